The molecule has 0 spiro atoms. The normalized spacial score (nSPS) is 11.9. The van der Waals surface area contributed by atoms with Crippen LogP contribution in [0.3, 0.4) is 0 Å². The van der Waals surface area contributed by atoms with Gasteiger partial charge >= 0.3 is 0 Å². The summed E-state index contributed by atoms with van der Waals surface area (Å²) < 4.78 is 32.6. The second-order valence-electron chi connectivity index (χ2n) is 9.69. The number of hydrogen-bond acceptors (Lipinski definition) is 10. The smallest absolute Gasteiger partial charge is 0.264 e. The fraction of sp³-hybridized carbons (Fsp3) is 0.400. The molecule has 2 heterocycles. The van der Waals surface area contributed by atoms with E-state index >= 15 is 0 Å². The topological polar surface area (TPSA) is 179 Å². The van der Waals surface area contributed by atoms with Gasteiger partial charge in [0.1, 0.15) is 17.3 Å². The maximum absolute atomic E-state index is 12.0. The molecular formula is C25H31N9O4S. The van der Waals surface area contributed by atoms with E-state index in [0.717, 1.165) is 0 Å². The van der Waals surface area contributed by atoms with Crippen molar-refractivity contribution in [3.63, 3.8) is 0 Å². The molecule has 2 N–H and O–H groups in total. The van der Waals surface area contributed by atoms with Gasteiger partial charge in [-0.3, -0.25) is 14.3 Å². The number of carbonyl (C=O) groups excluding carboxylic acids is 1. The van der Waals surface area contributed by atoms with Gasteiger partial charge in [-0.2, -0.15) is 23.5 Å². The standard InChI is InChI=1S/C25H31N9O4S/c1-6-33(12-7-13-39(36,37)38)18-8-9-20(21(14-18)29-17(2)35)30-31-24-19(15-26)23(25(3,4)5)32-34(24)22-16-27-10-11-28-22/h8-11,14,16H,6-7,12-13H2,1-5H3,(H,29,35)(H,36,37,38). The van der Waals surface area contributed by atoms with Crippen LogP contribution >= 0.6 is 0 Å². The molecule has 0 fully saturated rings. The monoisotopic (exact) mass is 553 g/mol. The number of azo groups is 1. The van der Waals surface area contributed by atoms with Crippen molar-refractivity contribution in [2.45, 2.75) is 46.5 Å². The third-order valence-electron chi connectivity index (χ3n) is 5.57. The van der Waals surface area contributed by atoms with Crippen molar-refractivity contribution in [2.24, 2.45) is 10.2 Å². The molecule has 206 valence electrons. The molecule has 39 heavy (non-hydrogen) atoms. The van der Waals surface area contributed by atoms with E-state index in [1.54, 1.807) is 18.2 Å². The van der Waals surface area contributed by atoms with Crippen LogP contribution in [0.2, 0.25) is 0 Å². The minimum Gasteiger partial charge on any atom is -0.372 e. The summed E-state index contributed by atoms with van der Waals surface area (Å²) in [6.45, 7) is 10.00. The number of hydrogen-bond donors (Lipinski definition) is 2. The van der Waals surface area contributed by atoms with Crippen LogP contribution in [0.25, 0.3) is 5.82 Å². The Kier molecular flexibility index (Phi) is 9.10. The van der Waals surface area contributed by atoms with Crippen molar-refractivity contribution in [2.75, 3.05) is 29.1 Å². The van der Waals surface area contributed by atoms with Crippen LogP contribution in [0, 0.1) is 11.3 Å². The van der Waals surface area contributed by atoms with Gasteiger partial charge in [-0.15, -0.1) is 10.2 Å². The molecule has 3 rings (SSSR count). The van der Waals surface area contributed by atoms with E-state index in [4.69, 9.17) is 4.55 Å². The zero-order chi connectivity index (χ0) is 28.8. The molecule has 1 aromatic carbocycles. The van der Waals surface area contributed by atoms with Crippen molar-refractivity contribution in [1.29, 1.82) is 5.26 Å². The van der Waals surface area contributed by atoms with E-state index in [1.165, 1.54) is 30.2 Å². The van der Waals surface area contributed by atoms with Crippen molar-refractivity contribution in [1.82, 2.24) is 19.7 Å². The molecule has 0 saturated carbocycles. The summed E-state index contributed by atoms with van der Waals surface area (Å²) in [6, 6.07) is 7.32. The molecule has 2 aromatic heterocycles. The summed E-state index contributed by atoms with van der Waals surface area (Å²) in [4.78, 5) is 22.2. The van der Waals surface area contributed by atoms with Gasteiger partial charge in [0, 0.05) is 43.5 Å². The molecule has 0 saturated heterocycles. The molecule has 0 bridgehead atoms. The highest BCUT2D eigenvalue weighted by Crippen LogP contribution is 2.36. The highest BCUT2D eigenvalue weighted by Gasteiger charge is 2.28. The first-order chi connectivity index (χ1) is 18.3. The average Bonchev–Trinajstić information content (AvgIpc) is 3.24. The van der Waals surface area contributed by atoms with Crippen LogP contribution in [0.1, 0.15) is 52.3 Å². The van der Waals surface area contributed by atoms with Crippen LogP contribution in [0.5, 0.6) is 0 Å². The van der Waals surface area contributed by atoms with Crippen molar-refractivity contribution < 1.29 is 17.8 Å². The summed E-state index contributed by atoms with van der Waals surface area (Å²) in [5.41, 5.74) is 1.71. The number of amides is 1. The summed E-state index contributed by atoms with van der Waals surface area (Å²) in [5, 5.41) is 26.1. The maximum atomic E-state index is 12.0. The van der Waals surface area contributed by atoms with Gasteiger partial charge in [0.15, 0.2) is 11.6 Å². The van der Waals surface area contributed by atoms with Crippen LogP contribution < -0.4 is 10.2 Å². The lowest BCUT2D eigenvalue weighted by Crippen LogP contribution is -2.25. The third kappa shape index (κ3) is 7.65. The second kappa shape index (κ2) is 12.1. The Morgan fingerprint density at radius 2 is 2.00 bits per heavy atom. The predicted octanol–water partition coefficient (Wildman–Crippen LogP) is 4.31. The van der Waals surface area contributed by atoms with Gasteiger partial charge in [0.25, 0.3) is 10.1 Å². The molecule has 0 aliphatic heterocycles. The van der Waals surface area contributed by atoms with Crippen molar-refractivity contribution in [3.8, 4) is 11.9 Å². The Hall–Kier alpha value is -4.22. The lowest BCUT2D eigenvalue weighted by atomic mass is 9.90. The van der Waals surface area contributed by atoms with Gasteiger partial charge in [-0.05, 0) is 31.5 Å². The number of nitrogens with zero attached hydrogens (tertiary/aromatic N) is 8. The molecule has 0 aliphatic carbocycles. The van der Waals surface area contributed by atoms with Gasteiger partial charge in [0.2, 0.25) is 5.91 Å². The molecule has 0 unspecified atom stereocenters. The summed E-state index contributed by atoms with van der Waals surface area (Å²) in [6.07, 6.45) is 4.75. The lowest BCUT2D eigenvalue weighted by Gasteiger charge is -2.24. The minimum atomic E-state index is -4.06. The third-order valence-corrected chi connectivity index (χ3v) is 6.37. The Balaban J connectivity index is 2.06. The van der Waals surface area contributed by atoms with Crippen molar-refractivity contribution in [3.05, 3.63) is 48.0 Å². The summed E-state index contributed by atoms with van der Waals surface area (Å²) >= 11 is 0. The molecular weight excluding hydrogens is 522 g/mol. The average molecular weight is 554 g/mol. The predicted molar refractivity (Wildman–Crippen MR) is 146 cm³/mol. The highest BCUT2D eigenvalue weighted by atomic mass is 32.2. The van der Waals surface area contributed by atoms with E-state index in [1.807, 2.05) is 32.6 Å². The van der Waals surface area contributed by atoms with E-state index < -0.39 is 15.5 Å². The largest absolute Gasteiger partial charge is 0.372 e. The fourth-order valence-electron chi connectivity index (χ4n) is 3.80. The quantitative estimate of drug-likeness (QED) is 0.273. The van der Waals surface area contributed by atoms with Gasteiger partial charge < -0.3 is 10.2 Å². The number of anilines is 2. The molecule has 0 aliphatic rings. The number of carbonyl (C=O) groups is 1. The summed E-state index contributed by atoms with van der Waals surface area (Å²) in [5.74, 6) is -0.151. The summed E-state index contributed by atoms with van der Waals surface area (Å²) in [7, 11) is -4.06. The Morgan fingerprint density at radius 3 is 2.56 bits per heavy atom. The fourth-order valence-corrected chi connectivity index (χ4v) is 4.29. The first-order valence-corrected chi connectivity index (χ1v) is 13.8. The van der Waals surface area contributed by atoms with Crippen molar-refractivity contribution >= 4 is 38.9 Å². The maximum Gasteiger partial charge on any atom is 0.264 e. The first kappa shape index (κ1) is 29.3. The Morgan fingerprint density at radius 1 is 1.26 bits per heavy atom. The molecule has 3 aromatic rings. The molecule has 1 amide bonds. The lowest BCUT2D eigenvalue weighted by molar-refractivity contribution is -0.114. The zero-order valence-electron chi connectivity index (χ0n) is 22.5. The number of aromatic nitrogens is 4. The number of nitriles is 1. The Labute approximate surface area is 227 Å². The van der Waals surface area contributed by atoms with Gasteiger partial charge in [-0.1, -0.05) is 20.8 Å². The number of benzene rings is 1. The molecule has 13 nitrogen and oxygen atoms in total. The molecule has 14 heteroatoms. The first-order valence-electron chi connectivity index (χ1n) is 12.2. The number of nitrogens with one attached hydrogen (secondary N) is 1. The minimum absolute atomic E-state index is 0.168. The van der Waals surface area contributed by atoms with Crippen LogP contribution in [-0.2, 0) is 20.3 Å². The SMILES string of the molecule is CCN(CCCS(=O)(=O)O)c1ccc(N=Nc2c(C#N)c(C(C)(C)C)nn2-c2cnccn2)c(NC(C)=O)c1. The Bertz CT molecular complexity index is 1500. The van der Waals surface area contributed by atoms with E-state index in [9.17, 15) is 18.5 Å². The van der Waals surface area contributed by atoms with Crippen LogP contribution in [0.15, 0.2) is 47.0 Å². The van der Waals surface area contributed by atoms with Crippen LogP contribution in [-0.4, -0.2) is 57.5 Å². The van der Waals surface area contributed by atoms with E-state index in [0.29, 0.717) is 41.7 Å². The van der Waals surface area contributed by atoms with Gasteiger partial charge in [-0.25, -0.2) is 4.98 Å². The van der Waals surface area contributed by atoms with Gasteiger partial charge in [0.05, 0.1) is 23.3 Å². The highest BCUT2D eigenvalue weighted by molar-refractivity contribution is 7.85. The molecule has 0 radical (unpaired) electrons. The van der Waals surface area contributed by atoms with E-state index in [-0.39, 0.29) is 29.5 Å². The van der Waals surface area contributed by atoms with E-state index in [2.05, 4.69) is 36.7 Å². The van der Waals surface area contributed by atoms with Crippen LogP contribution in [0.4, 0.5) is 22.9 Å². The number of rotatable bonds is 10. The second-order valence-corrected chi connectivity index (χ2v) is 11.3. The zero-order valence-corrected chi connectivity index (χ0v) is 23.3. The molecule has 0 atom stereocenters.